The van der Waals surface area contributed by atoms with Crippen molar-refractivity contribution in [1.82, 2.24) is 0 Å². The van der Waals surface area contributed by atoms with Crippen molar-refractivity contribution in [3.05, 3.63) is 69.7 Å². The van der Waals surface area contributed by atoms with Gasteiger partial charge in [0.05, 0.1) is 6.61 Å². The second kappa shape index (κ2) is 6.89. The van der Waals surface area contributed by atoms with E-state index in [9.17, 15) is 4.79 Å². The Bertz CT molecular complexity index is 594. The number of hydrogen-bond acceptors (Lipinski definition) is 2. The number of carbonyl (C=O) groups is 1. The number of hydrogen-bond donors (Lipinski definition) is 0. The van der Waals surface area contributed by atoms with Crippen LogP contribution in [0.4, 0.5) is 0 Å². The molecule has 1 atom stereocenters. The van der Waals surface area contributed by atoms with Gasteiger partial charge in [0.2, 0.25) is 0 Å². The summed E-state index contributed by atoms with van der Waals surface area (Å²) in [6.45, 7) is 2.04. The third-order valence-corrected chi connectivity index (χ3v) is 3.57. The number of rotatable bonds is 5. The smallest absolute Gasteiger partial charge is 0.191 e. The number of carbonyl (C=O) groups excluding carboxylic acids is 1. The first-order valence-corrected chi connectivity index (χ1v) is 6.98. The second-order valence-corrected chi connectivity index (χ2v) is 5.26. The molecule has 1 unspecified atom stereocenters. The minimum Gasteiger partial charge on any atom is -0.366 e. The highest BCUT2D eigenvalue weighted by atomic mass is 35.5. The highest BCUT2D eigenvalue weighted by molar-refractivity contribution is 6.31. The van der Waals surface area contributed by atoms with Crippen LogP contribution in [0.2, 0.25) is 10.0 Å². The van der Waals surface area contributed by atoms with Gasteiger partial charge in [-0.2, -0.15) is 0 Å². The van der Waals surface area contributed by atoms with Gasteiger partial charge in [-0.1, -0.05) is 41.4 Å². The normalized spacial score (nSPS) is 12.2. The van der Waals surface area contributed by atoms with Crippen molar-refractivity contribution in [3.63, 3.8) is 0 Å². The predicted octanol–water partition coefficient (Wildman–Crippen LogP) is 4.78. The fourth-order valence-corrected chi connectivity index (χ4v) is 2.07. The SMILES string of the molecule is CC(OCc1ccccc1Cl)C(=O)c1ccc(Cl)cc1. The minimum absolute atomic E-state index is 0.0753. The van der Waals surface area contributed by atoms with Gasteiger partial charge in [0.15, 0.2) is 5.78 Å². The second-order valence-electron chi connectivity index (χ2n) is 4.42. The fourth-order valence-electron chi connectivity index (χ4n) is 1.75. The van der Waals surface area contributed by atoms with Gasteiger partial charge in [0, 0.05) is 15.6 Å². The Kier molecular flexibility index (Phi) is 5.18. The third-order valence-electron chi connectivity index (χ3n) is 2.94. The molecule has 0 aromatic heterocycles. The summed E-state index contributed by atoms with van der Waals surface area (Å²) in [6, 6.07) is 14.2. The molecule has 0 saturated heterocycles. The molecule has 0 bridgehead atoms. The summed E-state index contributed by atoms with van der Waals surface area (Å²) in [7, 11) is 0. The number of ketones is 1. The summed E-state index contributed by atoms with van der Waals surface area (Å²) in [5.74, 6) is -0.0753. The molecule has 2 nitrogen and oxygen atoms in total. The van der Waals surface area contributed by atoms with E-state index in [2.05, 4.69) is 0 Å². The van der Waals surface area contributed by atoms with Crippen molar-refractivity contribution < 1.29 is 9.53 Å². The fraction of sp³-hybridized carbons (Fsp3) is 0.188. The molecular weight excluding hydrogens is 295 g/mol. The lowest BCUT2D eigenvalue weighted by Crippen LogP contribution is -2.20. The third kappa shape index (κ3) is 3.83. The van der Waals surface area contributed by atoms with Crippen molar-refractivity contribution in [2.75, 3.05) is 0 Å². The van der Waals surface area contributed by atoms with Crippen LogP contribution in [-0.4, -0.2) is 11.9 Å². The van der Waals surface area contributed by atoms with Gasteiger partial charge in [-0.25, -0.2) is 0 Å². The molecule has 0 amide bonds. The highest BCUT2D eigenvalue weighted by Crippen LogP contribution is 2.18. The molecule has 0 saturated carbocycles. The quantitative estimate of drug-likeness (QED) is 0.743. The summed E-state index contributed by atoms with van der Waals surface area (Å²) in [5.41, 5.74) is 1.45. The van der Waals surface area contributed by atoms with E-state index in [-0.39, 0.29) is 5.78 Å². The summed E-state index contributed by atoms with van der Waals surface area (Å²) >= 11 is 11.8. The molecule has 0 radical (unpaired) electrons. The first-order valence-electron chi connectivity index (χ1n) is 6.22. The molecule has 2 rings (SSSR count). The molecule has 0 aliphatic heterocycles. The lowest BCUT2D eigenvalue weighted by Gasteiger charge is -2.13. The van der Waals surface area contributed by atoms with Crippen LogP contribution in [-0.2, 0) is 11.3 Å². The van der Waals surface area contributed by atoms with Crippen LogP contribution < -0.4 is 0 Å². The number of ether oxygens (including phenoxy) is 1. The maximum Gasteiger partial charge on any atom is 0.191 e. The lowest BCUT2D eigenvalue weighted by molar-refractivity contribution is 0.0412. The Morgan fingerprint density at radius 2 is 1.75 bits per heavy atom. The highest BCUT2D eigenvalue weighted by Gasteiger charge is 2.16. The maximum absolute atomic E-state index is 12.2. The van der Waals surface area contributed by atoms with Gasteiger partial charge in [0.25, 0.3) is 0 Å². The van der Waals surface area contributed by atoms with Gasteiger partial charge < -0.3 is 4.74 Å². The van der Waals surface area contributed by atoms with Crippen molar-refractivity contribution in [3.8, 4) is 0 Å². The van der Waals surface area contributed by atoms with E-state index in [1.165, 1.54) is 0 Å². The van der Waals surface area contributed by atoms with Crippen molar-refractivity contribution in [2.24, 2.45) is 0 Å². The molecule has 0 aliphatic carbocycles. The molecule has 4 heteroatoms. The predicted molar refractivity (Wildman–Crippen MR) is 81.5 cm³/mol. The molecule has 0 heterocycles. The average Bonchev–Trinajstić information content (AvgIpc) is 2.46. The Morgan fingerprint density at radius 3 is 2.40 bits per heavy atom. The topological polar surface area (TPSA) is 26.3 Å². The molecule has 20 heavy (non-hydrogen) atoms. The Hall–Kier alpha value is -1.35. The van der Waals surface area contributed by atoms with Gasteiger partial charge in [-0.05, 0) is 42.8 Å². The molecule has 104 valence electrons. The number of benzene rings is 2. The summed E-state index contributed by atoms with van der Waals surface area (Å²) in [4.78, 5) is 12.2. The van der Waals surface area contributed by atoms with Gasteiger partial charge in [-0.15, -0.1) is 0 Å². The van der Waals surface area contributed by atoms with Crippen molar-refractivity contribution in [1.29, 1.82) is 0 Å². The van der Waals surface area contributed by atoms with Crippen LogP contribution in [0.5, 0.6) is 0 Å². The summed E-state index contributed by atoms with van der Waals surface area (Å²) in [5, 5.41) is 1.24. The van der Waals surface area contributed by atoms with E-state index in [1.54, 1.807) is 37.3 Å². The van der Waals surface area contributed by atoms with E-state index < -0.39 is 6.10 Å². The number of halogens is 2. The van der Waals surface area contributed by atoms with Gasteiger partial charge in [-0.3, -0.25) is 4.79 Å². The van der Waals surface area contributed by atoms with E-state index in [0.29, 0.717) is 22.2 Å². The van der Waals surface area contributed by atoms with E-state index in [0.717, 1.165) is 5.56 Å². The average molecular weight is 309 g/mol. The first-order chi connectivity index (χ1) is 9.58. The molecule has 0 spiro atoms. The maximum atomic E-state index is 12.2. The van der Waals surface area contributed by atoms with Crippen LogP contribution in [0, 0.1) is 0 Å². The van der Waals surface area contributed by atoms with Crippen LogP contribution in [0.1, 0.15) is 22.8 Å². The minimum atomic E-state index is -0.535. The zero-order chi connectivity index (χ0) is 14.5. The molecular formula is C16H14Cl2O2. The monoisotopic (exact) mass is 308 g/mol. The first kappa shape index (κ1) is 15.0. The molecule has 0 aliphatic rings. The van der Waals surface area contributed by atoms with Crippen LogP contribution in [0.3, 0.4) is 0 Å². The summed E-state index contributed by atoms with van der Waals surface area (Å²) in [6.07, 6.45) is -0.535. The van der Waals surface area contributed by atoms with Crippen molar-refractivity contribution in [2.45, 2.75) is 19.6 Å². The van der Waals surface area contributed by atoms with Crippen molar-refractivity contribution >= 4 is 29.0 Å². The molecule has 0 fully saturated rings. The Balaban J connectivity index is 1.98. The Morgan fingerprint density at radius 1 is 1.10 bits per heavy atom. The van der Waals surface area contributed by atoms with E-state index in [4.69, 9.17) is 27.9 Å². The Labute approximate surface area is 128 Å². The van der Waals surface area contributed by atoms with Gasteiger partial charge >= 0.3 is 0 Å². The zero-order valence-corrected chi connectivity index (χ0v) is 12.5. The number of Topliss-reactive ketones (excluding diaryl/α,β-unsaturated/α-hetero) is 1. The van der Waals surface area contributed by atoms with E-state index >= 15 is 0 Å². The van der Waals surface area contributed by atoms with Crippen LogP contribution >= 0.6 is 23.2 Å². The van der Waals surface area contributed by atoms with E-state index in [1.807, 2.05) is 18.2 Å². The lowest BCUT2D eigenvalue weighted by atomic mass is 10.1. The molecule has 2 aromatic carbocycles. The largest absolute Gasteiger partial charge is 0.366 e. The zero-order valence-electron chi connectivity index (χ0n) is 11.0. The van der Waals surface area contributed by atoms with Gasteiger partial charge in [0.1, 0.15) is 6.10 Å². The summed E-state index contributed by atoms with van der Waals surface area (Å²) < 4.78 is 5.59. The molecule has 2 aromatic rings. The standard InChI is InChI=1S/C16H14Cl2O2/c1-11(16(19)12-6-8-14(17)9-7-12)20-10-13-4-2-3-5-15(13)18/h2-9,11H,10H2,1H3. The van der Waals surface area contributed by atoms with Crippen LogP contribution in [0.25, 0.3) is 0 Å². The van der Waals surface area contributed by atoms with Crippen LogP contribution in [0.15, 0.2) is 48.5 Å². The molecule has 0 N–H and O–H groups in total.